The Kier molecular flexibility index (Phi) is 6.97. The Bertz CT molecular complexity index is 1270. The number of halogens is 3. The van der Waals surface area contributed by atoms with Crippen molar-refractivity contribution in [3.8, 4) is 5.75 Å². The second kappa shape index (κ2) is 9.91. The van der Waals surface area contributed by atoms with Gasteiger partial charge in [-0.25, -0.2) is 0 Å². The smallest absolute Gasteiger partial charge is 0.291 e. The summed E-state index contributed by atoms with van der Waals surface area (Å²) in [7, 11) is 0. The predicted molar refractivity (Wildman–Crippen MR) is 126 cm³/mol. The largest absolute Gasteiger partial charge is 0.483 e. The molecule has 0 spiro atoms. The third kappa shape index (κ3) is 5.35. The summed E-state index contributed by atoms with van der Waals surface area (Å²) in [5.74, 6) is 0.451. The number of ether oxygens (including phenoxy) is 1. The van der Waals surface area contributed by atoms with Gasteiger partial charge in [-0.15, -0.1) is 0 Å². The summed E-state index contributed by atoms with van der Waals surface area (Å²) in [5.41, 5.74) is 2.70. The van der Waals surface area contributed by atoms with Gasteiger partial charge in [-0.2, -0.15) is 10.2 Å². The van der Waals surface area contributed by atoms with Crippen LogP contribution in [0.1, 0.15) is 34.5 Å². The van der Waals surface area contributed by atoms with Crippen LogP contribution in [0, 0.1) is 6.92 Å². The average Bonchev–Trinajstić information content (AvgIpc) is 3.49. The number of rotatable bonds is 8. The molecule has 11 heteroatoms. The maximum Gasteiger partial charge on any atom is 0.291 e. The van der Waals surface area contributed by atoms with E-state index in [4.69, 9.17) is 44.0 Å². The Morgan fingerprint density at radius 2 is 1.91 bits per heavy atom. The zero-order valence-electron chi connectivity index (χ0n) is 17.8. The molecule has 0 aliphatic heterocycles. The molecule has 33 heavy (non-hydrogen) atoms. The van der Waals surface area contributed by atoms with E-state index in [1.165, 1.54) is 12.1 Å². The van der Waals surface area contributed by atoms with E-state index in [1.54, 1.807) is 29.2 Å². The lowest BCUT2D eigenvalue weighted by molar-refractivity contribution is 0.0992. The molecule has 3 heterocycles. The highest BCUT2D eigenvalue weighted by molar-refractivity contribution is 6.40. The number of aromatic nitrogens is 4. The summed E-state index contributed by atoms with van der Waals surface area (Å²) in [6.07, 6.45) is 5.16. The number of hydrogen-bond acceptors (Lipinski definition) is 5. The van der Waals surface area contributed by atoms with E-state index in [0.29, 0.717) is 23.0 Å². The number of amides is 1. The van der Waals surface area contributed by atoms with Crippen molar-refractivity contribution in [2.45, 2.75) is 33.5 Å². The molecule has 0 fully saturated rings. The van der Waals surface area contributed by atoms with Crippen LogP contribution in [0.5, 0.6) is 5.75 Å². The fraction of sp³-hybridized carbons (Fsp3) is 0.227. The van der Waals surface area contributed by atoms with Crippen LogP contribution >= 0.6 is 34.8 Å². The normalized spacial score (nSPS) is 11.1. The van der Waals surface area contributed by atoms with E-state index in [0.717, 1.165) is 17.8 Å². The first kappa shape index (κ1) is 23.2. The lowest BCUT2D eigenvalue weighted by Crippen LogP contribution is -2.10. The van der Waals surface area contributed by atoms with Crippen LogP contribution < -0.4 is 10.1 Å². The van der Waals surface area contributed by atoms with Crippen LogP contribution in [0.15, 0.2) is 47.3 Å². The maximum absolute atomic E-state index is 12.6. The van der Waals surface area contributed by atoms with Crippen LogP contribution in [-0.4, -0.2) is 25.5 Å². The third-order valence-electron chi connectivity index (χ3n) is 4.94. The van der Waals surface area contributed by atoms with Crippen molar-refractivity contribution in [3.05, 3.63) is 80.7 Å². The van der Waals surface area contributed by atoms with Crippen LogP contribution in [-0.2, 0) is 19.7 Å². The second-order valence-electron chi connectivity index (χ2n) is 7.20. The molecule has 1 aromatic carbocycles. The maximum atomic E-state index is 12.6. The first-order valence-electron chi connectivity index (χ1n) is 10.0. The number of anilines is 1. The topological polar surface area (TPSA) is 87.1 Å². The summed E-state index contributed by atoms with van der Waals surface area (Å²) in [6, 6.07) is 6.27. The molecule has 0 aliphatic carbocycles. The molecule has 3 aromatic heterocycles. The van der Waals surface area contributed by atoms with Crippen LogP contribution in [0.2, 0.25) is 15.1 Å². The summed E-state index contributed by atoms with van der Waals surface area (Å²) < 4.78 is 14.9. The first-order valence-corrected chi connectivity index (χ1v) is 11.2. The molecular formula is C22H20Cl3N5O3. The Hall–Kier alpha value is -2.94. The van der Waals surface area contributed by atoms with Gasteiger partial charge in [0.2, 0.25) is 0 Å². The quantitative estimate of drug-likeness (QED) is 0.323. The number of benzene rings is 1. The molecule has 4 rings (SSSR count). The summed E-state index contributed by atoms with van der Waals surface area (Å²) >= 11 is 18.1. The SMILES string of the molecule is CCn1ncc(Cn2cc(NC(=O)c3ccc(COc4c(Cl)cc(Cl)cc4Cl)o3)cn2)c1C. The lowest BCUT2D eigenvalue weighted by Gasteiger charge is -2.09. The monoisotopic (exact) mass is 507 g/mol. The van der Waals surface area contributed by atoms with Crippen molar-refractivity contribution in [2.75, 3.05) is 5.32 Å². The number of aryl methyl sites for hydroxylation is 1. The van der Waals surface area contributed by atoms with Gasteiger partial charge in [0.1, 0.15) is 12.4 Å². The standard InChI is InChI=1S/C22H20Cl3N5O3/c1-3-30-13(2)14(8-27-30)10-29-11-16(9-26-29)28-22(31)20-5-4-17(33-20)12-32-21-18(24)6-15(23)7-19(21)25/h4-9,11H,3,10,12H2,1-2H3,(H,28,31). The van der Waals surface area contributed by atoms with Crippen molar-refractivity contribution < 1.29 is 13.9 Å². The molecule has 8 nitrogen and oxygen atoms in total. The van der Waals surface area contributed by atoms with Gasteiger partial charge >= 0.3 is 0 Å². The molecule has 0 atom stereocenters. The zero-order chi connectivity index (χ0) is 23.5. The van der Waals surface area contributed by atoms with Crippen LogP contribution in [0.4, 0.5) is 5.69 Å². The number of nitrogens with zero attached hydrogens (tertiary/aromatic N) is 4. The van der Waals surface area contributed by atoms with Crippen LogP contribution in [0.25, 0.3) is 0 Å². The molecule has 0 unspecified atom stereocenters. The highest BCUT2D eigenvalue weighted by atomic mass is 35.5. The molecular weight excluding hydrogens is 489 g/mol. The first-order chi connectivity index (χ1) is 15.8. The number of carbonyl (C=O) groups is 1. The fourth-order valence-corrected chi connectivity index (χ4v) is 4.15. The van der Waals surface area contributed by atoms with Gasteiger partial charge in [-0.3, -0.25) is 14.2 Å². The zero-order valence-corrected chi connectivity index (χ0v) is 20.1. The Morgan fingerprint density at radius 1 is 1.15 bits per heavy atom. The van der Waals surface area contributed by atoms with Crippen molar-refractivity contribution in [1.29, 1.82) is 0 Å². The van der Waals surface area contributed by atoms with Gasteiger partial charge in [0.05, 0.1) is 34.7 Å². The minimum absolute atomic E-state index is 0.0388. The lowest BCUT2D eigenvalue weighted by atomic mass is 10.2. The van der Waals surface area contributed by atoms with Crippen molar-refractivity contribution in [3.63, 3.8) is 0 Å². The van der Waals surface area contributed by atoms with Gasteiger partial charge in [-0.1, -0.05) is 34.8 Å². The minimum Gasteiger partial charge on any atom is -0.483 e. The molecule has 172 valence electrons. The number of furan rings is 1. The van der Waals surface area contributed by atoms with Gasteiger partial charge in [0, 0.05) is 29.0 Å². The van der Waals surface area contributed by atoms with Crippen molar-refractivity contribution >= 4 is 46.4 Å². The number of nitrogens with one attached hydrogen (secondary N) is 1. The highest BCUT2D eigenvalue weighted by Crippen LogP contribution is 2.36. The molecule has 0 saturated carbocycles. The van der Waals surface area contributed by atoms with E-state index in [2.05, 4.69) is 15.5 Å². The highest BCUT2D eigenvalue weighted by Gasteiger charge is 2.15. The summed E-state index contributed by atoms with van der Waals surface area (Å²) in [6.45, 7) is 5.46. The summed E-state index contributed by atoms with van der Waals surface area (Å²) in [5, 5.41) is 12.4. The Labute approximate surface area is 205 Å². The van der Waals surface area contributed by atoms with E-state index in [1.807, 2.05) is 24.7 Å². The minimum atomic E-state index is -0.404. The molecule has 0 aliphatic rings. The van der Waals surface area contributed by atoms with Gasteiger partial charge in [0.15, 0.2) is 11.5 Å². The molecule has 4 aromatic rings. The Morgan fingerprint density at radius 3 is 2.61 bits per heavy atom. The van der Waals surface area contributed by atoms with E-state index >= 15 is 0 Å². The van der Waals surface area contributed by atoms with E-state index < -0.39 is 5.91 Å². The Balaban J connectivity index is 1.36. The fourth-order valence-electron chi connectivity index (χ4n) is 3.23. The number of hydrogen-bond donors (Lipinski definition) is 1. The molecule has 0 radical (unpaired) electrons. The van der Waals surface area contributed by atoms with E-state index in [-0.39, 0.29) is 28.2 Å². The molecule has 1 amide bonds. The molecule has 0 saturated heterocycles. The van der Waals surface area contributed by atoms with Gasteiger partial charge < -0.3 is 14.5 Å². The van der Waals surface area contributed by atoms with E-state index in [9.17, 15) is 4.79 Å². The van der Waals surface area contributed by atoms with Crippen molar-refractivity contribution in [2.24, 2.45) is 0 Å². The van der Waals surface area contributed by atoms with Crippen molar-refractivity contribution in [1.82, 2.24) is 19.6 Å². The van der Waals surface area contributed by atoms with Crippen LogP contribution in [0.3, 0.4) is 0 Å². The van der Waals surface area contributed by atoms with Gasteiger partial charge in [-0.05, 0) is 38.1 Å². The summed E-state index contributed by atoms with van der Waals surface area (Å²) in [4.78, 5) is 12.6. The number of carbonyl (C=O) groups excluding carboxylic acids is 1. The van der Waals surface area contributed by atoms with Gasteiger partial charge in [0.25, 0.3) is 5.91 Å². The predicted octanol–water partition coefficient (Wildman–Crippen LogP) is 5.84. The molecule has 0 bridgehead atoms. The molecule has 1 N–H and O–H groups in total. The third-order valence-corrected chi connectivity index (χ3v) is 5.71. The average molecular weight is 509 g/mol. The second-order valence-corrected chi connectivity index (χ2v) is 8.46.